The molecule has 2 atom stereocenters. The molecule has 2 heterocycles. The second-order valence-electron chi connectivity index (χ2n) is 5.64. The number of nitrogens with zero attached hydrogens (tertiary/aromatic N) is 2. The third kappa shape index (κ3) is 3.34. The van der Waals surface area contributed by atoms with E-state index < -0.39 is 12.0 Å². The summed E-state index contributed by atoms with van der Waals surface area (Å²) in [5, 5.41) is 15.9. The lowest BCUT2D eigenvalue weighted by Crippen LogP contribution is -2.53. The van der Waals surface area contributed by atoms with Crippen molar-refractivity contribution in [2.45, 2.75) is 46.2 Å². The van der Waals surface area contributed by atoms with Crippen LogP contribution in [0.5, 0.6) is 0 Å². The van der Waals surface area contributed by atoms with E-state index in [9.17, 15) is 14.7 Å². The minimum atomic E-state index is -0.950. The molecule has 0 aliphatic carbocycles. The van der Waals surface area contributed by atoms with Gasteiger partial charge in [-0.15, -0.1) is 0 Å². The first-order chi connectivity index (χ1) is 9.90. The number of aryl methyl sites for hydroxylation is 2. The van der Waals surface area contributed by atoms with Crippen molar-refractivity contribution < 1.29 is 19.2 Å². The Morgan fingerprint density at radius 2 is 2.19 bits per heavy atom. The first kappa shape index (κ1) is 15.3. The zero-order valence-electron chi connectivity index (χ0n) is 12.5. The van der Waals surface area contributed by atoms with E-state index in [-0.39, 0.29) is 6.03 Å². The summed E-state index contributed by atoms with van der Waals surface area (Å²) in [4.78, 5) is 25.0. The molecule has 0 saturated carbocycles. The molecular formula is C14H21N3O4. The monoisotopic (exact) mass is 295 g/mol. The lowest BCUT2D eigenvalue weighted by molar-refractivity contribution is -0.143. The van der Waals surface area contributed by atoms with Gasteiger partial charge in [0.2, 0.25) is 0 Å². The number of likely N-dealkylation sites (tertiary alicyclic amines) is 1. The van der Waals surface area contributed by atoms with Crippen LogP contribution < -0.4 is 5.32 Å². The maximum absolute atomic E-state index is 12.2. The molecule has 7 heteroatoms. The predicted molar refractivity (Wildman–Crippen MR) is 74.7 cm³/mol. The van der Waals surface area contributed by atoms with Crippen LogP contribution in [-0.4, -0.2) is 39.8 Å². The van der Waals surface area contributed by atoms with Crippen LogP contribution in [0.3, 0.4) is 0 Å². The van der Waals surface area contributed by atoms with Gasteiger partial charge in [-0.1, -0.05) is 12.1 Å². The minimum Gasteiger partial charge on any atom is -0.480 e. The van der Waals surface area contributed by atoms with Crippen LogP contribution >= 0.6 is 0 Å². The number of piperidine rings is 1. The smallest absolute Gasteiger partial charge is 0.326 e. The maximum Gasteiger partial charge on any atom is 0.326 e. The predicted octanol–water partition coefficient (Wildman–Crippen LogP) is 1.69. The summed E-state index contributed by atoms with van der Waals surface area (Å²) in [6.07, 6.45) is 1.32. The number of carboxylic acid groups (broad SMARTS) is 1. The maximum atomic E-state index is 12.2. The Morgan fingerprint density at radius 1 is 1.48 bits per heavy atom. The second-order valence-corrected chi connectivity index (χ2v) is 5.64. The fourth-order valence-corrected chi connectivity index (χ4v) is 2.64. The second kappa shape index (κ2) is 6.15. The van der Waals surface area contributed by atoms with E-state index in [4.69, 9.17) is 4.52 Å². The molecule has 1 aromatic rings. The highest BCUT2D eigenvalue weighted by Gasteiger charge is 2.34. The molecule has 0 radical (unpaired) electrons. The minimum absolute atomic E-state index is 0.290. The van der Waals surface area contributed by atoms with E-state index in [1.54, 1.807) is 13.8 Å². The van der Waals surface area contributed by atoms with Crippen molar-refractivity contribution in [1.82, 2.24) is 15.4 Å². The molecule has 2 unspecified atom stereocenters. The summed E-state index contributed by atoms with van der Waals surface area (Å²) in [6.45, 7) is 6.35. The molecule has 1 saturated heterocycles. The Morgan fingerprint density at radius 3 is 2.76 bits per heavy atom. The van der Waals surface area contributed by atoms with Gasteiger partial charge in [-0.3, -0.25) is 0 Å². The lowest BCUT2D eigenvalue weighted by Gasteiger charge is -2.35. The number of aromatic nitrogens is 1. The van der Waals surface area contributed by atoms with Crippen LogP contribution in [0.4, 0.5) is 4.79 Å². The Kier molecular flexibility index (Phi) is 4.50. The Bertz CT molecular complexity index is 521. The average molecular weight is 295 g/mol. The molecular weight excluding hydrogens is 274 g/mol. The number of carbonyl (C=O) groups is 2. The van der Waals surface area contributed by atoms with Gasteiger partial charge in [0.1, 0.15) is 11.8 Å². The highest BCUT2D eigenvalue weighted by molar-refractivity contribution is 5.82. The van der Waals surface area contributed by atoms with Gasteiger partial charge >= 0.3 is 12.0 Å². The van der Waals surface area contributed by atoms with Gasteiger partial charge < -0.3 is 19.8 Å². The molecule has 1 fully saturated rings. The third-order valence-electron chi connectivity index (χ3n) is 4.01. The highest BCUT2D eigenvalue weighted by atomic mass is 16.5. The zero-order chi connectivity index (χ0) is 15.6. The van der Waals surface area contributed by atoms with Crippen molar-refractivity contribution in [3.05, 3.63) is 17.0 Å². The van der Waals surface area contributed by atoms with Crippen molar-refractivity contribution in [1.29, 1.82) is 0 Å². The molecule has 1 aliphatic rings. The van der Waals surface area contributed by atoms with Crippen molar-refractivity contribution in [2.75, 3.05) is 6.54 Å². The van der Waals surface area contributed by atoms with Gasteiger partial charge in [0, 0.05) is 18.7 Å². The van der Waals surface area contributed by atoms with E-state index in [0.717, 1.165) is 17.7 Å². The molecule has 2 N–H and O–H groups in total. The van der Waals surface area contributed by atoms with E-state index >= 15 is 0 Å². The zero-order valence-corrected chi connectivity index (χ0v) is 12.5. The van der Waals surface area contributed by atoms with Crippen molar-refractivity contribution in [2.24, 2.45) is 5.92 Å². The molecule has 7 nitrogen and oxygen atoms in total. The molecule has 0 bridgehead atoms. The third-order valence-corrected chi connectivity index (χ3v) is 4.01. The summed E-state index contributed by atoms with van der Waals surface area (Å²) in [5.74, 6) is 0.0293. The van der Waals surface area contributed by atoms with Crippen LogP contribution in [0.2, 0.25) is 0 Å². The van der Waals surface area contributed by atoms with E-state index in [1.807, 2.05) is 6.92 Å². The molecule has 21 heavy (non-hydrogen) atoms. The van der Waals surface area contributed by atoms with Crippen LogP contribution in [0.1, 0.15) is 36.8 Å². The first-order valence-electron chi connectivity index (χ1n) is 7.09. The van der Waals surface area contributed by atoms with Crippen molar-refractivity contribution in [3.8, 4) is 0 Å². The number of aliphatic carboxylic acids is 1. The number of carboxylic acids is 1. The first-order valence-corrected chi connectivity index (χ1v) is 7.09. The normalized spacial score (nSPS) is 22.1. The van der Waals surface area contributed by atoms with Gasteiger partial charge in [-0.2, -0.15) is 0 Å². The van der Waals surface area contributed by atoms with Gasteiger partial charge in [-0.05, 0) is 32.6 Å². The Hall–Kier alpha value is -2.05. The number of hydrogen-bond donors (Lipinski definition) is 2. The molecule has 2 amide bonds. The Balaban J connectivity index is 2.00. The van der Waals surface area contributed by atoms with Crippen molar-refractivity contribution >= 4 is 12.0 Å². The standard InChI is InChI=1S/C14H21N3O4/c1-8-4-5-17(12(6-8)13(18)19)14(20)15-7-11-9(2)16-21-10(11)3/h8,12H,4-7H2,1-3H3,(H,15,20)(H,18,19). The van der Waals surface area contributed by atoms with E-state index in [1.165, 1.54) is 4.90 Å². The summed E-state index contributed by atoms with van der Waals surface area (Å²) >= 11 is 0. The quantitative estimate of drug-likeness (QED) is 0.884. The van der Waals surface area contributed by atoms with Crippen LogP contribution in [0, 0.1) is 19.8 Å². The average Bonchev–Trinajstić information content (AvgIpc) is 2.75. The van der Waals surface area contributed by atoms with Gasteiger partial charge in [-0.25, -0.2) is 9.59 Å². The number of nitrogens with one attached hydrogen (secondary N) is 1. The summed E-state index contributed by atoms with van der Waals surface area (Å²) in [7, 11) is 0. The molecule has 1 aromatic heterocycles. The number of hydrogen-bond acceptors (Lipinski definition) is 4. The SMILES string of the molecule is Cc1noc(C)c1CNC(=O)N1CCC(C)CC1C(=O)O. The largest absolute Gasteiger partial charge is 0.480 e. The molecule has 116 valence electrons. The van der Waals surface area contributed by atoms with Gasteiger partial charge in [0.15, 0.2) is 0 Å². The number of urea groups is 1. The lowest BCUT2D eigenvalue weighted by atomic mass is 9.93. The van der Waals surface area contributed by atoms with Gasteiger partial charge in [0.05, 0.1) is 5.69 Å². The summed E-state index contributed by atoms with van der Waals surface area (Å²) < 4.78 is 5.04. The van der Waals surface area contributed by atoms with Crippen LogP contribution in [0.25, 0.3) is 0 Å². The molecule has 2 rings (SSSR count). The number of carbonyl (C=O) groups excluding carboxylic acids is 1. The van der Waals surface area contributed by atoms with Crippen molar-refractivity contribution in [3.63, 3.8) is 0 Å². The molecule has 1 aliphatic heterocycles. The Labute approximate surface area is 123 Å². The fraction of sp³-hybridized carbons (Fsp3) is 0.643. The van der Waals surface area contributed by atoms with Crippen LogP contribution in [0.15, 0.2) is 4.52 Å². The molecule has 0 spiro atoms. The fourth-order valence-electron chi connectivity index (χ4n) is 2.64. The number of amides is 2. The van der Waals surface area contributed by atoms with Gasteiger partial charge in [0.25, 0.3) is 0 Å². The van der Waals surface area contributed by atoms with E-state index in [0.29, 0.717) is 31.2 Å². The highest BCUT2D eigenvalue weighted by Crippen LogP contribution is 2.23. The summed E-state index contributed by atoms with van der Waals surface area (Å²) in [5.41, 5.74) is 1.57. The van der Waals surface area contributed by atoms with E-state index in [2.05, 4.69) is 10.5 Å². The molecule has 0 aromatic carbocycles. The van der Waals surface area contributed by atoms with Crippen LogP contribution in [-0.2, 0) is 11.3 Å². The summed E-state index contributed by atoms with van der Waals surface area (Å²) in [6, 6.07) is -1.10. The topological polar surface area (TPSA) is 95.7 Å². The number of rotatable bonds is 3.